The molecule has 0 aliphatic carbocycles. The van der Waals surface area contributed by atoms with E-state index in [2.05, 4.69) is 15.0 Å². The van der Waals surface area contributed by atoms with Gasteiger partial charge >= 0.3 is 6.09 Å². The van der Waals surface area contributed by atoms with E-state index in [0.29, 0.717) is 5.56 Å². The third-order valence-electron chi connectivity index (χ3n) is 1.52. The summed E-state index contributed by atoms with van der Waals surface area (Å²) in [6.45, 7) is 1.97. The van der Waals surface area contributed by atoms with Gasteiger partial charge in [0.1, 0.15) is 5.82 Å². The van der Waals surface area contributed by atoms with Gasteiger partial charge in [-0.1, -0.05) is 0 Å². The second kappa shape index (κ2) is 5.64. The van der Waals surface area contributed by atoms with Gasteiger partial charge < -0.3 is 4.74 Å². The average molecular weight is 320 g/mol. The Morgan fingerprint density at radius 1 is 1.60 bits per heavy atom. The van der Waals surface area contributed by atoms with Crippen molar-refractivity contribution in [1.29, 1.82) is 0 Å². The van der Waals surface area contributed by atoms with Crippen LogP contribution in [0.5, 0.6) is 0 Å². The first kappa shape index (κ1) is 11.9. The number of pyridine rings is 1. The molecule has 1 heterocycles. The standard InChI is InChI=1S/C9H9IN2O3/c1-2-15-9(14)12-8-6(7(10)13)4-3-5-11-8/h3-5H,2H2,1H3,(H,11,12,14). The molecule has 0 unspecified atom stereocenters. The van der Waals surface area contributed by atoms with Crippen LogP contribution in [0.1, 0.15) is 17.3 Å². The summed E-state index contributed by atoms with van der Waals surface area (Å²) in [6.07, 6.45) is 0.875. The van der Waals surface area contributed by atoms with E-state index in [9.17, 15) is 9.59 Å². The summed E-state index contributed by atoms with van der Waals surface area (Å²) >= 11 is 1.63. The maximum absolute atomic E-state index is 11.2. The van der Waals surface area contributed by atoms with Crippen LogP contribution in [0, 0.1) is 0 Å². The Morgan fingerprint density at radius 3 is 2.93 bits per heavy atom. The number of aromatic nitrogens is 1. The van der Waals surface area contributed by atoms with Crippen LogP contribution < -0.4 is 5.32 Å². The summed E-state index contributed by atoms with van der Waals surface area (Å²) in [4.78, 5) is 26.1. The lowest BCUT2D eigenvalue weighted by Gasteiger charge is -2.06. The van der Waals surface area contributed by atoms with Crippen molar-refractivity contribution < 1.29 is 14.3 Å². The molecule has 0 bridgehead atoms. The zero-order valence-corrected chi connectivity index (χ0v) is 10.1. The predicted molar refractivity (Wildman–Crippen MR) is 63.2 cm³/mol. The maximum Gasteiger partial charge on any atom is 0.412 e. The molecule has 0 aromatic carbocycles. The van der Waals surface area contributed by atoms with Crippen molar-refractivity contribution in [2.45, 2.75) is 6.92 Å². The van der Waals surface area contributed by atoms with Crippen molar-refractivity contribution in [2.24, 2.45) is 0 Å². The Morgan fingerprint density at radius 2 is 2.33 bits per heavy atom. The molecule has 1 aromatic heterocycles. The van der Waals surface area contributed by atoms with E-state index >= 15 is 0 Å². The zero-order valence-electron chi connectivity index (χ0n) is 7.99. The topological polar surface area (TPSA) is 68.3 Å². The number of ether oxygens (including phenoxy) is 1. The van der Waals surface area contributed by atoms with Crippen LogP contribution in [-0.2, 0) is 4.74 Å². The number of hydrogen-bond acceptors (Lipinski definition) is 4. The fraction of sp³-hybridized carbons (Fsp3) is 0.222. The zero-order chi connectivity index (χ0) is 11.3. The molecule has 1 aromatic rings. The lowest BCUT2D eigenvalue weighted by atomic mass is 10.3. The van der Waals surface area contributed by atoms with E-state index in [-0.39, 0.29) is 16.2 Å². The third-order valence-corrected chi connectivity index (χ3v) is 2.10. The van der Waals surface area contributed by atoms with Crippen LogP contribution in [0.25, 0.3) is 0 Å². The minimum Gasteiger partial charge on any atom is -0.450 e. The number of hydrogen-bond donors (Lipinski definition) is 1. The van der Waals surface area contributed by atoms with Gasteiger partial charge in [0.15, 0.2) is 0 Å². The molecule has 0 saturated heterocycles. The van der Waals surface area contributed by atoms with Crippen molar-refractivity contribution in [2.75, 3.05) is 11.9 Å². The van der Waals surface area contributed by atoms with Crippen molar-refractivity contribution in [3.63, 3.8) is 0 Å². The van der Waals surface area contributed by atoms with E-state index in [0.717, 1.165) is 0 Å². The quantitative estimate of drug-likeness (QED) is 0.685. The third kappa shape index (κ3) is 3.46. The van der Waals surface area contributed by atoms with Gasteiger partial charge in [0.05, 0.1) is 12.2 Å². The number of rotatable bonds is 3. The van der Waals surface area contributed by atoms with E-state index in [1.807, 2.05) is 0 Å². The van der Waals surface area contributed by atoms with Gasteiger partial charge in [-0.25, -0.2) is 9.78 Å². The van der Waals surface area contributed by atoms with Gasteiger partial charge in [-0.2, -0.15) is 0 Å². The number of carbonyl (C=O) groups is 2. The molecule has 6 heteroatoms. The minimum atomic E-state index is -0.616. The van der Waals surface area contributed by atoms with Gasteiger partial charge in [0.2, 0.25) is 3.79 Å². The van der Waals surface area contributed by atoms with Gasteiger partial charge in [-0.15, -0.1) is 0 Å². The second-order valence-corrected chi connectivity index (χ2v) is 3.50. The lowest BCUT2D eigenvalue weighted by molar-refractivity contribution is 0.110. The van der Waals surface area contributed by atoms with Crippen molar-refractivity contribution >= 4 is 38.3 Å². The Hall–Kier alpha value is -1.18. The normalized spacial score (nSPS) is 9.47. The number of carbonyl (C=O) groups excluding carboxylic acids is 2. The molecule has 0 fully saturated rings. The van der Waals surface area contributed by atoms with E-state index in [1.165, 1.54) is 6.20 Å². The fourth-order valence-corrected chi connectivity index (χ4v) is 1.36. The summed E-state index contributed by atoms with van der Waals surface area (Å²) in [5, 5.41) is 2.39. The van der Waals surface area contributed by atoms with Gasteiger partial charge in [-0.05, 0) is 19.1 Å². The molecule has 0 atom stereocenters. The van der Waals surface area contributed by atoms with Crippen LogP contribution in [-0.4, -0.2) is 21.5 Å². The molecule has 1 rings (SSSR count). The molecule has 15 heavy (non-hydrogen) atoms. The average Bonchev–Trinajstić information content (AvgIpc) is 2.18. The minimum absolute atomic E-state index is 0.188. The summed E-state index contributed by atoms with van der Waals surface area (Å²) in [6, 6.07) is 3.21. The summed E-state index contributed by atoms with van der Waals surface area (Å²) in [5.41, 5.74) is 0.353. The predicted octanol–water partition coefficient (Wildman–Crippen LogP) is 2.23. The molecule has 0 saturated carbocycles. The first-order chi connectivity index (χ1) is 7.15. The highest BCUT2D eigenvalue weighted by Crippen LogP contribution is 2.15. The number of nitrogens with one attached hydrogen (secondary N) is 1. The van der Waals surface area contributed by atoms with Crippen LogP contribution in [0.15, 0.2) is 18.3 Å². The SMILES string of the molecule is CCOC(=O)Nc1ncccc1C(=O)I. The van der Waals surface area contributed by atoms with E-state index < -0.39 is 6.09 Å². The molecule has 5 nitrogen and oxygen atoms in total. The Balaban J connectivity index is 2.84. The molecule has 0 radical (unpaired) electrons. The fourth-order valence-electron chi connectivity index (χ4n) is 0.927. The van der Waals surface area contributed by atoms with Gasteiger partial charge in [-0.3, -0.25) is 10.1 Å². The first-order valence-corrected chi connectivity index (χ1v) is 5.31. The number of amides is 1. The van der Waals surface area contributed by atoms with E-state index in [1.54, 1.807) is 41.6 Å². The Labute approximate surface area is 100 Å². The molecular weight excluding hydrogens is 311 g/mol. The largest absolute Gasteiger partial charge is 0.450 e. The van der Waals surface area contributed by atoms with Crippen molar-refractivity contribution in [1.82, 2.24) is 4.98 Å². The molecule has 0 spiro atoms. The van der Waals surface area contributed by atoms with Crippen LogP contribution in [0.4, 0.5) is 10.6 Å². The van der Waals surface area contributed by atoms with Crippen LogP contribution in [0.2, 0.25) is 0 Å². The maximum atomic E-state index is 11.2. The first-order valence-electron chi connectivity index (χ1n) is 4.23. The molecule has 0 aliphatic heterocycles. The van der Waals surface area contributed by atoms with Gasteiger partial charge in [0, 0.05) is 28.8 Å². The van der Waals surface area contributed by atoms with Crippen molar-refractivity contribution in [3.8, 4) is 0 Å². The summed E-state index contributed by atoms with van der Waals surface area (Å²) in [5.74, 6) is 0.218. The number of anilines is 1. The number of halogens is 1. The molecule has 0 aliphatic rings. The second-order valence-electron chi connectivity index (χ2n) is 2.52. The van der Waals surface area contributed by atoms with Crippen LogP contribution >= 0.6 is 22.6 Å². The molecule has 1 N–H and O–H groups in total. The lowest BCUT2D eigenvalue weighted by Crippen LogP contribution is -2.16. The monoisotopic (exact) mass is 320 g/mol. The summed E-state index contributed by atoms with van der Waals surface area (Å²) < 4.78 is 4.49. The smallest absolute Gasteiger partial charge is 0.412 e. The Bertz CT molecular complexity index is 381. The molecule has 1 amide bonds. The van der Waals surface area contributed by atoms with Gasteiger partial charge in [0.25, 0.3) is 0 Å². The highest BCUT2D eigenvalue weighted by atomic mass is 127. The van der Waals surface area contributed by atoms with E-state index in [4.69, 9.17) is 0 Å². The highest BCUT2D eigenvalue weighted by Gasteiger charge is 2.11. The molecule has 80 valence electrons. The highest BCUT2D eigenvalue weighted by molar-refractivity contribution is 14.1. The summed E-state index contributed by atoms with van der Waals surface area (Å²) in [7, 11) is 0. The number of nitrogens with zero attached hydrogens (tertiary/aromatic N) is 1. The van der Waals surface area contributed by atoms with Crippen LogP contribution in [0.3, 0.4) is 0 Å². The van der Waals surface area contributed by atoms with Crippen molar-refractivity contribution in [3.05, 3.63) is 23.9 Å². The Kier molecular flexibility index (Phi) is 4.47. The molecular formula is C9H9IN2O3.